The minimum atomic E-state index is 0.629. The largest absolute Gasteiger partial charge is 0.456 e. The highest BCUT2D eigenvalue weighted by molar-refractivity contribution is 6.29. The van der Waals surface area contributed by atoms with Gasteiger partial charge in [0, 0.05) is 32.8 Å². The van der Waals surface area contributed by atoms with Crippen LogP contribution >= 0.6 is 0 Å². The molecule has 2 aromatic heterocycles. The molecule has 0 aliphatic heterocycles. The van der Waals surface area contributed by atoms with Gasteiger partial charge in [-0.1, -0.05) is 133 Å². The first-order valence-electron chi connectivity index (χ1n) is 15.0. The fourth-order valence-corrected chi connectivity index (χ4v) is 6.40. The van der Waals surface area contributed by atoms with E-state index in [2.05, 4.69) is 78.9 Å². The second-order valence-electron chi connectivity index (χ2n) is 11.2. The molecule has 0 amide bonds. The molecule has 7 aromatic carbocycles. The molecule has 210 valence electrons. The average Bonchev–Trinajstić information content (AvgIpc) is 3.50. The van der Waals surface area contributed by atoms with E-state index in [0.29, 0.717) is 17.5 Å². The van der Waals surface area contributed by atoms with Crippen molar-refractivity contribution in [1.29, 1.82) is 0 Å². The van der Waals surface area contributed by atoms with Crippen LogP contribution in [0, 0.1) is 0 Å². The van der Waals surface area contributed by atoms with E-state index in [0.717, 1.165) is 49.8 Å². The Morgan fingerprint density at radius 3 is 1.67 bits per heavy atom. The van der Waals surface area contributed by atoms with Crippen LogP contribution in [0.2, 0.25) is 0 Å². The average molecular weight is 576 g/mol. The molecule has 0 fully saturated rings. The molecule has 0 radical (unpaired) electrons. The maximum atomic E-state index is 6.48. The van der Waals surface area contributed by atoms with E-state index in [1.54, 1.807) is 0 Å². The van der Waals surface area contributed by atoms with Crippen molar-refractivity contribution in [3.8, 4) is 45.3 Å². The van der Waals surface area contributed by atoms with Gasteiger partial charge in [-0.2, -0.15) is 0 Å². The highest BCUT2D eigenvalue weighted by atomic mass is 16.3. The molecule has 4 heteroatoms. The first-order chi connectivity index (χ1) is 22.3. The van der Waals surface area contributed by atoms with Crippen molar-refractivity contribution in [3.05, 3.63) is 152 Å². The molecular formula is C41H25N3O. The number of hydrogen-bond acceptors (Lipinski definition) is 4. The monoisotopic (exact) mass is 575 g/mol. The van der Waals surface area contributed by atoms with Gasteiger partial charge in [-0.3, -0.25) is 0 Å². The van der Waals surface area contributed by atoms with Crippen LogP contribution in [0.3, 0.4) is 0 Å². The summed E-state index contributed by atoms with van der Waals surface area (Å²) < 4.78 is 6.48. The van der Waals surface area contributed by atoms with Crippen molar-refractivity contribution in [2.45, 2.75) is 0 Å². The molecule has 0 aliphatic rings. The van der Waals surface area contributed by atoms with Gasteiger partial charge in [-0.25, -0.2) is 15.0 Å². The molecule has 0 N–H and O–H groups in total. The third kappa shape index (κ3) is 4.27. The minimum Gasteiger partial charge on any atom is -0.456 e. The lowest BCUT2D eigenvalue weighted by Crippen LogP contribution is -2.00. The van der Waals surface area contributed by atoms with Gasteiger partial charge in [0.15, 0.2) is 17.5 Å². The number of hydrogen-bond donors (Lipinski definition) is 0. The summed E-state index contributed by atoms with van der Waals surface area (Å²) in [5.41, 5.74) is 6.74. The van der Waals surface area contributed by atoms with Crippen molar-refractivity contribution in [3.63, 3.8) is 0 Å². The molecule has 0 saturated carbocycles. The standard InChI is InChI=1S/C41H25N3O/c1-3-13-27(14-4-1)39-42-40(28-15-5-2-6-16-28)44-41(43-39)30-18-11-17-29(24-30)34-25-36-38(33-20-9-10-21-35(33)45-36)37-31-19-8-7-12-26(31)22-23-32(34)37/h1-25H. The van der Waals surface area contributed by atoms with Crippen molar-refractivity contribution in [2.24, 2.45) is 0 Å². The van der Waals surface area contributed by atoms with Gasteiger partial charge in [-0.15, -0.1) is 0 Å². The lowest BCUT2D eigenvalue weighted by molar-refractivity contribution is 0.669. The fourth-order valence-electron chi connectivity index (χ4n) is 6.40. The Kier molecular flexibility index (Phi) is 5.78. The fraction of sp³-hybridized carbons (Fsp3) is 0. The number of rotatable bonds is 4. The highest BCUT2D eigenvalue weighted by Gasteiger charge is 2.18. The van der Waals surface area contributed by atoms with Gasteiger partial charge in [0.2, 0.25) is 0 Å². The minimum absolute atomic E-state index is 0.629. The smallest absolute Gasteiger partial charge is 0.164 e. The maximum Gasteiger partial charge on any atom is 0.164 e. The Labute approximate surface area is 259 Å². The van der Waals surface area contributed by atoms with E-state index < -0.39 is 0 Å². The Morgan fingerprint density at radius 2 is 0.933 bits per heavy atom. The zero-order valence-corrected chi connectivity index (χ0v) is 24.2. The predicted octanol–water partition coefficient (Wildman–Crippen LogP) is 10.7. The van der Waals surface area contributed by atoms with Gasteiger partial charge in [0.25, 0.3) is 0 Å². The van der Waals surface area contributed by atoms with Crippen molar-refractivity contribution >= 4 is 43.5 Å². The van der Waals surface area contributed by atoms with Crippen LogP contribution in [0.5, 0.6) is 0 Å². The number of nitrogens with zero attached hydrogens (tertiary/aromatic N) is 3. The van der Waals surface area contributed by atoms with E-state index >= 15 is 0 Å². The Hall–Kier alpha value is -6.13. The Bertz CT molecular complexity index is 2480. The summed E-state index contributed by atoms with van der Waals surface area (Å²) in [5, 5.41) is 7.07. The first-order valence-corrected chi connectivity index (χ1v) is 15.0. The van der Waals surface area contributed by atoms with Gasteiger partial charge in [0.05, 0.1) is 0 Å². The number of aromatic nitrogens is 3. The normalized spacial score (nSPS) is 11.6. The van der Waals surface area contributed by atoms with Crippen LogP contribution in [0.25, 0.3) is 88.8 Å². The second-order valence-corrected chi connectivity index (χ2v) is 11.2. The summed E-state index contributed by atoms with van der Waals surface area (Å²) in [5.74, 6) is 1.92. The van der Waals surface area contributed by atoms with Gasteiger partial charge < -0.3 is 4.42 Å². The molecule has 9 rings (SSSR count). The van der Waals surface area contributed by atoms with Gasteiger partial charge in [-0.05, 0) is 45.5 Å². The summed E-state index contributed by atoms with van der Waals surface area (Å²) in [6.45, 7) is 0. The van der Waals surface area contributed by atoms with Crippen LogP contribution in [-0.2, 0) is 0 Å². The molecule has 0 bridgehead atoms. The summed E-state index contributed by atoms with van der Waals surface area (Å²) >= 11 is 0. The summed E-state index contributed by atoms with van der Waals surface area (Å²) in [4.78, 5) is 14.8. The molecule has 45 heavy (non-hydrogen) atoms. The SMILES string of the molecule is c1ccc(-c2nc(-c3ccccc3)nc(-c3cccc(-c4cc5oc6ccccc6c5c5c4ccc4ccccc45)c3)n2)cc1. The van der Waals surface area contributed by atoms with E-state index in [1.807, 2.05) is 72.8 Å². The molecule has 0 saturated heterocycles. The molecule has 0 unspecified atom stereocenters. The van der Waals surface area contributed by atoms with Crippen LogP contribution in [0.15, 0.2) is 156 Å². The van der Waals surface area contributed by atoms with Crippen molar-refractivity contribution < 1.29 is 4.42 Å². The summed E-state index contributed by atoms with van der Waals surface area (Å²) in [6, 6.07) is 52.1. The lowest BCUT2D eigenvalue weighted by Gasteiger charge is -2.13. The number of benzene rings is 7. The molecule has 2 heterocycles. The zero-order valence-electron chi connectivity index (χ0n) is 24.2. The van der Waals surface area contributed by atoms with Crippen molar-refractivity contribution in [2.75, 3.05) is 0 Å². The van der Waals surface area contributed by atoms with Crippen LogP contribution in [0.1, 0.15) is 0 Å². The molecule has 4 nitrogen and oxygen atoms in total. The summed E-state index contributed by atoms with van der Waals surface area (Å²) in [6.07, 6.45) is 0. The van der Waals surface area contributed by atoms with Crippen LogP contribution < -0.4 is 0 Å². The molecule has 0 spiro atoms. The highest BCUT2D eigenvalue weighted by Crippen LogP contribution is 2.43. The quantitative estimate of drug-likeness (QED) is 0.196. The molecular weight excluding hydrogens is 550 g/mol. The molecule has 9 aromatic rings. The predicted molar refractivity (Wildman–Crippen MR) is 184 cm³/mol. The molecule has 0 aliphatic carbocycles. The maximum absolute atomic E-state index is 6.48. The Morgan fingerprint density at radius 1 is 0.356 bits per heavy atom. The first kappa shape index (κ1) is 25.4. The zero-order chi connectivity index (χ0) is 29.7. The lowest BCUT2D eigenvalue weighted by atomic mass is 9.91. The van der Waals surface area contributed by atoms with E-state index in [1.165, 1.54) is 21.5 Å². The van der Waals surface area contributed by atoms with Crippen molar-refractivity contribution in [1.82, 2.24) is 15.0 Å². The van der Waals surface area contributed by atoms with Gasteiger partial charge in [0.1, 0.15) is 11.2 Å². The van der Waals surface area contributed by atoms with Gasteiger partial charge >= 0.3 is 0 Å². The van der Waals surface area contributed by atoms with E-state index in [4.69, 9.17) is 19.4 Å². The van der Waals surface area contributed by atoms with E-state index in [-0.39, 0.29) is 0 Å². The van der Waals surface area contributed by atoms with E-state index in [9.17, 15) is 0 Å². The van der Waals surface area contributed by atoms with Crippen LogP contribution in [0.4, 0.5) is 0 Å². The topological polar surface area (TPSA) is 51.8 Å². The second kappa shape index (κ2) is 10.2. The Balaban J connectivity index is 1.29. The number of furan rings is 1. The van der Waals surface area contributed by atoms with Crippen LogP contribution in [-0.4, -0.2) is 15.0 Å². The third-order valence-corrected chi connectivity index (χ3v) is 8.50. The molecule has 0 atom stereocenters. The third-order valence-electron chi connectivity index (χ3n) is 8.50. The summed E-state index contributed by atoms with van der Waals surface area (Å²) in [7, 11) is 0. The number of fused-ring (bicyclic) bond motifs is 7. The number of para-hydroxylation sites is 1.